The van der Waals surface area contributed by atoms with Crippen LogP contribution in [0.4, 0.5) is 0 Å². The van der Waals surface area contributed by atoms with Crippen LogP contribution < -0.4 is 5.32 Å². The summed E-state index contributed by atoms with van der Waals surface area (Å²) in [5.74, 6) is 0.593. The van der Waals surface area contributed by atoms with E-state index in [2.05, 4.69) is 31.1 Å². The van der Waals surface area contributed by atoms with E-state index < -0.39 is 0 Å². The van der Waals surface area contributed by atoms with Gasteiger partial charge in [-0.2, -0.15) is 0 Å². The van der Waals surface area contributed by atoms with E-state index in [4.69, 9.17) is 0 Å². The Labute approximate surface area is 115 Å². The normalized spacial score (nSPS) is 23.9. The Morgan fingerprint density at radius 1 is 1.21 bits per heavy atom. The monoisotopic (exact) mass is 260 g/mol. The second kappa shape index (κ2) is 5.72. The van der Waals surface area contributed by atoms with Gasteiger partial charge in [0.15, 0.2) is 0 Å². The van der Waals surface area contributed by atoms with Crippen molar-refractivity contribution in [1.82, 2.24) is 10.3 Å². The highest BCUT2D eigenvalue weighted by Gasteiger charge is 2.34. The van der Waals surface area contributed by atoms with Gasteiger partial charge in [-0.15, -0.1) is 0 Å². The molecule has 0 unspecified atom stereocenters. The number of nitrogens with one attached hydrogen (secondary N) is 1. The number of amides is 1. The minimum atomic E-state index is 0.0311. The van der Waals surface area contributed by atoms with E-state index in [0.29, 0.717) is 17.5 Å². The van der Waals surface area contributed by atoms with Crippen molar-refractivity contribution in [2.45, 2.75) is 52.5 Å². The zero-order chi connectivity index (χ0) is 13.9. The number of carbonyl (C=O) groups excluding carboxylic acids is 1. The summed E-state index contributed by atoms with van der Waals surface area (Å²) in [7, 11) is 0. The number of pyridine rings is 1. The van der Waals surface area contributed by atoms with Gasteiger partial charge in [0.2, 0.25) is 0 Å². The lowest BCUT2D eigenvalue weighted by Gasteiger charge is -2.40. The number of nitrogens with zero attached hydrogens (tertiary/aromatic N) is 1. The average molecular weight is 260 g/mol. The number of hydrogen-bond acceptors (Lipinski definition) is 2. The third kappa shape index (κ3) is 3.55. The lowest BCUT2D eigenvalue weighted by atomic mass is 9.69. The first-order valence-electron chi connectivity index (χ1n) is 7.19. The summed E-state index contributed by atoms with van der Waals surface area (Å²) in [6.07, 6.45) is 8.13. The summed E-state index contributed by atoms with van der Waals surface area (Å²) in [5, 5.41) is 3.23. The molecule has 0 spiro atoms. The Kier molecular flexibility index (Phi) is 4.23. The van der Waals surface area contributed by atoms with Crippen molar-refractivity contribution in [3.8, 4) is 0 Å². The summed E-state index contributed by atoms with van der Waals surface area (Å²) in [6, 6.07) is 3.84. The lowest BCUT2D eigenvalue weighted by Crippen LogP contribution is -2.46. The molecule has 1 aromatic rings. The van der Waals surface area contributed by atoms with Crippen molar-refractivity contribution in [1.29, 1.82) is 0 Å². The summed E-state index contributed by atoms with van der Waals surface area (Å²) >= 11 is 0. The summed E-state index contributed by atoms with van der Waals surface area (Å²) in [6.45, 7) is 6.82. The highest BCUT2D eigenvalue weighted by Crippen LogP contribution is 2.38. The third-order valence-corrected chi connectivity index (χ3v) is 4.14. The summed E-state index contributed by atoms with van der Waals surface area (Å²) < 4.78 is 0. The second-order valence-electron chi connectivity index (χ2n) is 6.57. The van der Waals surface area contributed by atoms with Gasteiger partial charge in [-0.1, -0.05) is 33.6 Å². The summed E-state index contributed by atoms with van der Waals surface area (Å²) in [4.78, 5) is 16.2. The number of aromatic nitrogens is 1. The first kappa shape index (κ1) is 14.0. The van der Waals surface area contributed by atoms with Crippen LogP contribution in [0.1, 0.15) is 56.8 Å². The standard InChI is InChI=1S/C16H24N2O/c1-16(2,3)13-6-4-5-7-14(13)18-15(19)12-8-10-17-11-9-12/h8-11,13-14H,4-7H2,1-3H3,(H,18,19)/t13-,14+/m0/s1. The van der Waals surface area contributed by atoms with Crippen LogP contribution in [0.3, 0.4) is 0 Å². The molecule has 1 fully saturated rings. The maximum atomic E-state index is 12.2. The van der Waals surface area contributed by atoms with Crippen molar-refractivity contribution in [3.63, 3.8) is 0 Å². The Hall–Kier alpha value is -1.38. The molecule has 1 N–H and O–H groups in total. The molecule has 1 aliphatic carbocycles. The highest BCUT2D eigenvalue weighted by atomic mass is 16.1. The van der Waals surface area contributed by atoms with E-state index in [1.165, 1.54) is 19.3 Å². The van der Waals surface area contributed by atoms with Crippen molar-refractivity contribution in [3.05, 3.63) is 30.1 Å². The maximum absolute atomic E-state index is 12.2. The Morgan fingerprint density at radius 3 is 2.47 bits per heavy atom. The molecule has 0 bridgehead atoms. The van der Waals surface area contributed by atoms with Crippen LogP contribution in [0.15, 0.2) is 24.5 Å². The number of rotatable bonds is 2. The zero-order valence-corrected chi connectivity index (χ0v) is 12.1. The molecule has 2 atom stereocenters. The number of carbonyl (C=O) groups is 1. The average Bonchev–Trinajstić information content (AvgIpc) is 2.39. The SMILES string of the molecule is CC(C)(C)[C@H]1CCCC[C@H]1NC(=O)c1ccncc1. The van der Waals surface area contributed by atoms with E-state index in [0.717, 1.165) is 6.42 Å². The minimum Gasteiger partial charge on any atom is -0.349 e. The van der Waals surface area contributed by atoms with Crippen LogP contribution >= 0.6 is 0 Å². The molecule has 0 aromatic carbocycles. The molecular formula is C16H24N2O. The molecule has 1 aromatic heterocycles. The summed E-state index contributed by atoms with van der Waals surface area (Å²) in [5.41, 5.74) is 0.949. The Bertz CT molecular complexity index is 422. The van der Waals surface area contributed by atoms with Crippen LogP contribution in [0.25, 0.3) is 0 Å². The molecule has 2 rings (SSSR count). The van der Waals surface area contributed by atoms with Gasteiger partial charge in [0.1, 0.15) is 0 Å². The maximum Gasteiger partial charge on any atom is 0.251 e. The van der Waals surface area contributed by atoms with Gasteiger partial charge >= 0.3 is 0 Å². The fourth-order valence-corrected chi connectivity index (χ4v) is 3.10. The Balaban J connectivity index is 2.06. The van der Waals surface area contributed by atoms with Gasteiger partial charge in [0.05, 0.1) is 0 Å². The van der Waals surface area contributed by atoms with Crippen molar-refractivity contribution in [2.75, 3.05) is 0 Å². The molecule has 3 heteroatoms. The fraction of sp³-hybridized carbons (Fsp3) is 0.625. The molecule has 1 saturated carbocycles. The molecule has 3 nitrogen and oxygen atoms in total. The van der Waals surface area contributed by atoms with E-state index in [9.17, 15) is 4.79 Å². The molecule has 0 aliphatic heterocycles. The predicted molar refractivity (Wildman–Crippen MR) is 76.9 cm³/mol. The largest absolute Gasteiger partial charge is 0.349 e. The van der Waals surface area contributed by atoms with Gasteiger partial charge in [-0.05, 0) is 36.3 Å². The zero-order valence-electron chi connectivity index (χ0n) is 12.1. The lowest BCUT2D eigenvalue weighted by molar-refractivity contribution is 0.0830. The van der Waals surface area contributed by atoms with Crippen molar-refractivity contribution >= 4 is 5.91 Å². The van der Waals surface area contributed by atoms with Gasteiger partial charge in [-0.3, -0.25) is 9.78 Å². The van der Waals surface area contributed by atoms with Gasteiger partial charge < -0.3 is 5.32 Å². The van der Waals surface area contributed by atoms with E-state index >= 15 is 0 Å². The van der Waals surface area contributed by atoms with Gasteiger partial charge in [0, 0.05) is 24.0 Å². The van der Waals surface area contributed by atoms with E-state index in [-0.39, 0.29) is 11.3 Å². The van der Waals surface area contributed by atoms with E-state index in [1.54, 1.807) is 24.5 Å². The van der Waals surface area contributed by atoms with Crippen molar-refractivity contribution in [2.24, 2.45) is 11.3 Å². The van der Waals surface area contributed by atoms with E-state index in [1.807, 2.05) is 0 Å². The first-order valence-corrected chi connectivity index (χ1v) is 7.19. The fourth-order valence-electron chi connectivity index (χ4n) is 3.10. The quantitative estimate of drug-likeness (QED) is 0.885. The molecule has 1 amide bonds. The molecular weight excluding hydrogens is 236 g/mol. The molecule has 19 heavy (non-hydrogen) atoms. The Morgan fingerprint density at radius 2 is 1.84 bits per heavy atom. The predicted octanol–water partition coefficient (Wildman–Crippen LogP) is 3.42. The molecule has 1 heterocycles. The first-order chi connectivity index (χ1) is 8.98. The van der Waals surface area contributed by atoms with Crippen LogP contribution in [0, 0.1) is 11.3 Å². The second-order valence-corrected chi connectivity index (χ2v) is 6.57. The topological polar surface area (TPSA) is 42.0 Å². The smallest absolute Gasteiger partial charge is 0.251 e. The van der Waals surface area contributed by atoms with Crippen LogP contribution in [-0.4, -0.2) is 16.9 Å². The minimum absolute atomic E-state index is 0.0311. The van der Waals surface area contributed by atoms with Crippen LogP contribution in [0.2, 0.25) is 0 Å². The number of hydrogen-bond donors (Lipinski definition) is 1. The molecule has 0 saturated heterocycles. The van der Waals surface area contributed by atoms with Crippen LogP contribution in [-0.2, 0) is 0 Å². The molecule has 1 aliphatic rings. The highest BCUT2D eigenvalue weighted by molar-refractivity contribution is 5.94. The molecule has 104 valence electrons. The molecule has 0 radical (unpaired) electrons. The van der Waals surface area contributed by atoms with Gasteiger partial charge in [-0.25, -0.2) is 0 Å². The van der Waals surface area contributed by atoms with Crippen LogP contribution in [0.5, 0.6) is 0 Å². The third-order valence-electron chi connectivity index (χ3n) is 4.14. The van der Waals surface area contributed by atoms with Crippen molar-refractivity contribution < 1.29 is 4.79 Å². The van der Waals surface area contributed by atoms with Gasteiger partial charge in [0.25, 0.3) is 5.91 Å².